The van der Waals surface area contributed by atoms with Gasteiger partial charge in [-0.05, 0) is 66.6 Å². The summed E-state index contributed by atoms with van der Waals surface area (Å²) in [5.74, 6) is -2.38. The molecule has 168 valence electrons. The normalized spacial score (nSPS) is 17.0. The lowest BCUT2D eigenvalue weighted by Gasteiger charge is -2.24. The molecule has 0 radical (unpaired) electrons. The Morgan fingerprint density at radius 2 is 2.03 bits per heavy atom. The second-order valence-corrected chi connectivity index (χ2v) is 10.5. The molecule has 1 aliphatic heterocycles. The van der Waals surface area contributed by atoms with Crippen LogP contribution in [-0.2, 0) is 10.0 Å². The van der Waals surface area contributed by atoms with Crippen molar-refractivity contribution in [2.24, 2.45) is 5.73 Å². The Balaban J connectivity index is 1.89. The number of anilines is 2. The summed E-state index contributed by atoms with van der Waals surface area (Å²) >= 11 is 1.95. The molecule has 0 bridgehead atoms. The van der Waals surface area contributed by atoms with Crippen molar-refractivity contribution >= 4 is 49.9 Å². The van der Waals surface area contributed by atoms with Gasteiger partial charge in [0.25, 0.3) is 5.91 Å². The summed E-state index contributed by atoms with van der Waals surface area (Å²) in [6.07, 6.45) is 1.26. The minimum Gasteiger partial charge on any atom is -0.491 e. The minimum atomic E-state index is -3.41. The van der Waals surface area contributed by atoms with Crippen LogP contribution in [0.1, 0.15) is 30.1 Å². The van der Waals surface area contributed by atoms with Crippen LogP contribution in [0.3, 0.4) is 0 Å². The Bertz CT molecular complexity index is 1100. The number of amides is 1. The third kappa shape index (κ3) is 5.44. The van der Waals surface area contributed by atoms with E-state index in [1.807, 2.05) is 22.6 Å². The predicted molar refractivity (Wildman–Crippen MR) is 122 cm³/mol. The number of benzene rings is 2. The van der Waals surface area contributed by atoms with Gasteiger partial charge in [-0.1, -0.05) is 0 Å². The first-order chi connectivity index (χ1) is 14.6. The second-order valence-electron chi connectivity index (χ2n) is 7.06. The van der Waals surface area contributed by atoms with E-state index in [4.69, 9.17) is 10.5 Å². The smallest absolute Gasteiger partial charge is 0.254 e. The van der Waals surface area contributed by atoms with Crippen LogP contribution in [0, 0.1) is 15.2 Å². The van der Waals surface area contributed by atoms with Crippen molar-refractivity contribution in [3.05, 3.63) is 51.1 Å². The number of rotatable bonds is 8. The lowest BCUT2D eigenvalue weighted by atomic mass is 10.1. The van der Waals surface area contributed by atoms with Gasteiger partial charge in [0.15, 0.2) is 0 Å². The van der Waals surface area contributed by atoms with Crippen molar-refractivity contribution < 1.29 is 26.7 Å². The van der Waals surface area contributed by atoms with Gasteiger partial charge in [0.05, 0.1) is 23.2 Å². The van der Waals surface area contributed by atoms with E-state index in [9.17, 15) is 22.0 Å². The first-order valence-electron chi connectivity index (χ1n) is 9.60. The third-order valence-corrected chi connectivity index (χ3v) is 7.59. The van der Waals surface area contributed by atoms with Crippen LogP contribution < -0.4 is 15.8 Å². The van der Waals surface area contributed by atoms with Crippen LogP contribution >= 0.6 is 22.6 Å². The molecule has 1 amide bonds. The summed E-state index contributed by atoms with van der Waals surface area (Å²) in [6.45, 7) is 1.88. The first kappa shape index (κ1) is 23.7. The molecule has 0 spiro atoms. The molecular weight excluding hydrogens is 543 g/mol. The molecule has 0 saturated carbocycles. The minimum absolute atomic E-state index is 0.0361. The number of sulfonamides is 1. The van der Waals surface area contributed by atoms with Crippen LogP contribution in [0.25, 0.3) is 0 Å². The zero-order valence-electron chi connectivity index (χ0n) is 16.7. The highest BCUT2D eigenvalue weighted by Crippen LogP contribution is 2.32. The van der Waals surface area contributed by atoms with Gasteiger partial charge in [-0.2, -0.15) is 4.31 Å². The molecule has 3 N–H and O–H groups in total. The molecular formula is C20H22F2IN3O4S. The number of ether oxygens (including phenoxy) is 1. The molecule has 1 saturated heterocycles. The maximum Gasteiger partial charge on any atom is 0.254 e. The molecule has 2 aromatic rings. The fraction of sp³-hybridized carbons (Fsp3) is 0.350. The summed E-state index contributed by atoms with van der Waals surface area (Å²) < 4.78 is 60.8. The summed E-state index contributed by atoms with van der Waals surface area (Å²) in [7, 11) is -3.41. The number of nitrogens with two attached hydrogens (primary N) is 1. The largest absolute Gasteiger partial charge is 0.491 e. The number of halogens is 3. The van der Waals surface area contributed by atoms with E-state index in [0.717, 1.165) is 12.1 Å². The van der Waals surface area contributed by atoms with Gasteiger partial charge in [-0.15, -0.1) is 0 Å². The fourth-order valence-corrected chi connectivity index (χ4v) is 5.29. The Morgan fingerprint density at radius 1 is 1.29 bits per heavy atom. The van der Waals surface area contributed by atoms with Crippen molar-refractivity contribution in [2.45, 2.75) is 25.8 Å². The van der Waals surface area contributed by atoms with Crippen molar-refractivity contribution in [2.75, 3.05) is 24.2 Å². The highest BCUT2D eigenvalue weighted by molar-refractivity contribution is 14.1. The molecule has 1 heterocycles. The Morgan fingerprint density at radius 3 is 2.68 bits per heavy atom. The number of hydrogen-bond donors (Lipinski definition) is 2. The zero-order valence-corrected chi connectivity index (χ0v) is 19.7. The molecule has 3 rings (SSSR count). The van der Waals surface area contributed by atoms with Crippen LogP contribution in [0.2, 0.25) is 0 Å². The molecule has 31 heavy (non-hydrogen) atoms. The maximum atomic E-state index is 14.3. The van der Waals surface area contributed by atoms with Crippen molar-refractivity contribution in [1.29, 1.82) is 0 Å². The number of carbonyl (C=O) groups excluding carboxylic acids is 1. The van der Waals surface area contributed by atoms with Gasteiger partial charge in [0, 0.05) is 16.2 Å². The topological polar surface area (TPSA) is 102 Å². The van der Waals surface area contributed by atoms with Crippen molar-refractivity contribution in [1.82, 2.24) is 4.31 Å². The molecule has 1 fully saturated rings. The van der Waals surface area contributed by atoms with E-state index < -0.39 is 33.6 Å². The van der Waals surface area contributed by atoms with Crippen LogP contribution in [0.4, 0.5) is 20.2 Å². The van der Waals surface area contributed by atoms with Crippen LogP contribution in [0.15, 0.2) is 30.3 Å². The van der Waals surface area contributed by atoms with Crippen molar-refractivity contribution in [3.63, 3.8) is 0 Å². The van der Waals surface area contributed by atoms with Gasteiger partial charge in [-0.25, -0.2) is 17.2 Å². The first-order valence-corrected chi connectivity index (χ1v) is 12.3. The number of nitrogens with one attached hydrogen (secondary N) is 1. The molecule has 11 heteroatoms. The van der Waals surface area contributed by atoms with Gasteiger partial charge in [-0.3, -0.25) is 4.79 Å². The molecule has 7 nitrogen and oxygen atoms in total. The van der Waals surface area contributed by atoms with E-state index >= 15 is 0 Å². The van der Waals surface area contributed by atoms with Gasteiger partial charge in [0.2, 0.25) is 10.0 Å². The summed E-state index contributed by atoms with van der Waals surface area (Å²) in [4.78, 5) is 12.1. The van der Waals surface area contributed by atoms with E-state index in [1.54, 1.807) is 13.0 Å². The molecule has 0 aliphatic carbocycles. The van der Waals surface area contributed by atoms with Gasteiger partial charge < -0.3 is 15.8 Å². The van der Waals surface area contributed by atoms with Crippen LogP contribution in [-0.4, -0.2) is 43.6 Å². The molecule has 2 aromatic carbocycles. The van der Waals surface area contributed by atoms with Crippen LogP contribution in [0.5, 0.6) is 5.75 Å². The SMILES string of the molecule is CCS(=O)(=O)N1CCCC1COc1cc(F)cc(Nc2ccc(I)cc2F)c1C(N)=O. The fourth-order valence-electron chi connectivity index (χ4n) is 3.48. The second kappa shape index (κ2) is 9.65. The van der Waals surface area contributed by atoms with Crippen molar-refractivity contribution in [3.8, 4) is 5.75 Å². The van der Waals surface area contributed by atoms with Gasteiger partial charge >= 0.3 is 0 Å². The molecule has 1 atom stereocenters. The Kier molecular flexibility index (Phi) is 7.37. The zero-order chi connectivity index (χ0) is 22.8. The third-order valence-electron chi connectivity index (χ3n) is 4.99. The van der Waals surface area contributed by atoms with Gasteiger partial charge in [0.1, 0.15) is 29.6 Å². The Hall–Kier alpha value is -1.99. The number of primary amides is 1. The molecule has 1 aliphatic rings. The highest BCUT2D eigenvalue weighted by atomic mass is 127. The number of hydrogen-bond acceptors (Lipinski definition) is 5. The van der Waals surface area contributed by atoms with E-state index in [1.165, 1.54) is 16.4 Å². The highest BCUT2D eigenvalue weighted by Gasteiger charge is 2.34. The lowest BCUT2D eigenvalue weighted by molar-refractivity contribution is 0.0996. The van der Waals surface area contributed by atoms with E-state index in [0.29, 0.717) is 23.0 Å². The number of nitrogens with zero attached hydrogens (tertiary/aromatic N) is 1. The summed E-state index contributed by atoms with van der Waals surface area (Å²) in [5.41, 5.74) is 5.34. The van der Waals surface area contributed by atoms with E-state index in [-0.39, 0.29) is 35.0 Å². The number of carbonyl (C=O) groups is 1. The Labute approximate surface area is 193 Å². The quantitative estimate of drug-likeness (QED) is 0.477. The standard InChI is InChI=1S/C20H22F2IN3O4S/c1-2-31(28,29)26-7-3-4-14(26)11-30-18-9-12(21)8-17(19(18)20(24)27)25-16-6-5-13(23)10-15(16)22/h5-6,8-10,14,25H,2-4,7,11H2,1H3,(H2,24,27). The average Bonchev–Trinajstić information content (AvgIpc) is 3.17. The average molecular weight is 565 g/mol. The predicted octanol–water partition coefficient (Wildman–Crippen LogP) is 3.60. The lowest BCUT2D eigenvalue weighted by Crippen LogP contribution is -2.40. The molecule has 0 aromatic heterocycles. The summed E-state index contributed by atoms with van der Waals surface area (Å²) in [6, 6.07) is 5.98. The maximum absolute atomic E-state index is 14.3. The monoisotopic (exact) mass is 565 g/mol. The summed E-state index contributed by atoms with van der Waals surface area (Å²) in [5, 5.41) is 2.70. The molecule has 1 unspecified atom stereocenters. The van der Waals surface area contributed by atoms with E-state index in [2.05, 4.69) is 5.32 Å².